The highest BCUT2D eigenvalue weighted by Crippen LogP contribution is 2.17. The molecule has 4 nitrogen and oxygen atoms in total. The van der Waals surface area contributed by atoms with Gasteiger partial charge in [-0.15, -0.1) is 0 Å². The molecule has 0 fully saturated rings. The Morgan fingerprint density at radius 2 is 1.86 bits per heavy atom. The molecule has 1 N–H and O–H groups in total. The summed E-state index contributed by atoms with van der Waals surface area (Å²) in [7, 11) is 0. The van der Waals surface area contributed by atoms with Gasteiger partial charge in [0.2, 0.25) is 0 Å². The van der Waals surface area contributed by atoms with Gasteiger partial charge in [0.05, 0.1) is 18.0 Å². The molecule has 21 heavy (non-hydrogen) atoms. The first-order chi connectivity index (χ1) is 9.99. The van der Waals surface area contributed by atoms with Crippen molar-refractivity contribution < 1.29 is 5.11 Å². The number of aliphatic hydroxyl groups excluding tert-OH is 1. The van der Waals surface area contributed by atoms with Crippen molar-refractivity contribution in [2.24, 2.45) is 0 Å². The van der Waals surface area contributed by atoms with Crippen molar-refractivity contribution in [3.05, 3.63) is 48.0 Å². The monoisotopic (exact) mass is 287 g/mol. The lowest BCUT2D eigenvalue weighted by molar-refractivity contribution is 0.101. The van der Waals surface area contributed by atoms with Gasteiger partial charge in [0, 0.05) is 24.8 Å². The van der Waals surface area contributed by atoms with Crippen LogP contribution in [0.4, 0.5) is 0 Å². The zero-order valence-corrected chi connectivity index (χ0v) is 13.3. The average Bonchev–Trinajstić information content (AvgIpc) is 2.79. The van der Waals surface area contributed by atoms with Crippen molar-refractivity contribution in [3.8, 4) is 5.69 Å². The number of aryl methyl sites for hydroxylation is 1. The number of hydrogen-bond acceptors (Lipinski definition) is 3. The number of aliphatic hydroxyl groups is 1. The standard InChI is InChI=1S/C17H25N3O/c1-13(2)19(11-14(3)21)12-17-10-18-15(4)20(17)16-8-6-5-7-9-16/h5-10,13-14,21H,11-12H2,1-4H3. The fourth-order valence-corrected chi connectivity index (χ4v) is 2.54. The third-order valence-corrected chi connectivity index (χ3v) is 3.62. The molecule has 1 atom stereocenters. The van der Waals surface area contributed by atoms with E-state index in [-0.39, 0.29) is 6.10 Å². The summed E-state index contributed by atoms with van der Waals surface area (Å²) in [6, 6.07) is 10.6. The van der Waals surface area contributed by atoms with E-state index in [4.69, 9.17) is 0 Å². The average molecular weight is 287 g/mol. The van der Waals surface area contributed by atoms with Crippen LogP contribution in [-0.4, -0.2) is 38.2 Å². The van der Waals surface area contributed by atoms with Crippen LogP contribution >= 0.6 is 0 Å². The third kappa shape index (κ3) is 3.93. The van der Waals surface area contributed by atoms with Crippen molar-refractivity contribution in [1.82, 2.24) is 14.5 Å². The minimum atomic E-state index is -0.332. The fraction of sp³-hybridized carbons (Fsp3) is 0.471. The lowest BCUT2D eigenvalue weighted by atomic mass is 10.2. The van der Waals surface area contributed by atoms with Gasteiger partial charge in [-0.3, -0.25) is 9.47 Å². The van der Waals surface area contributed by atoms with Crippen LogP contribution < -0.4 is 0 Å². The van der Waals surface area contributed by atoms with E-state index in [1.165, 1.54) is 0 Å². The highest BCUT2D eigenvalue weighted by Gasteiger charge is 2.16. The molecule has 0 saturated carbocycles. The zero-order valence-electron chi connectivity index (χ0n) is 13.3. The third-order valence-electron chi connectivity index (χ3n) is 3.62. The van der Waals surface area contributed by atoms with E-state index in [9.17, 15) is 5.11 Å². The number of rotatable bonds is 6. The number of para-hydroxylation sites is 1. The van der Waals surface area contributed by atoms with Crippen molar-refractivity contribution in [2.45, 2.75) is 46.4 Å². The van der Waals surface area contributed by atoms with E-state index in [0.29, 0.717) is 12.6 Å². The van der Waals surface area contributed by atoms with Gasteiger partial charge in [-0.2, -0.15) is 0 Å². The molecule has 1 aromatic carbocycles. The van der Waals surface area contributed by atoms with Crippen molar-refractivity contribution in [2.75, 3.05) is 6.54 Å². The second-order valence-corrected chi connectivity index (χ2v) is 5.84. The normalized spacial score (nSPS) is 13.1. The maximum atomic E-state index is 9.68. The summed E-state index contributed by atoms with van der Waals surface area (Å²) in [6.07, 6.45) is 1.60. The summed E-state index contributed by atoms with van der Waals surface area (Å²) in [5.74, 6) is 0.983. The lowest BCUT2D eigenvalue weighted by Gasteiger charge is -2.28. The summed E-state index contributed by atoms with van der Waals surface area (Å²) in [6.45, 7) is 9.59. The van der Waals surface area contributed by atoms with E-state index >= 15 is 0 Å². The Labute approximate surface area is 127 Å². The number of aromatic nitrogens is 2. The molecule has 0 radical (unpaired) electrons. The van der Waals surface area contributed by atoms with E-state index in [1.54, 1.807) is 0 Å². The molecule has 2 rings (SSSR count). The van der Waals surface area contributed by atoms with Gasteiger partial charge in [-0.25, -0.2) is 4.98 Å². The smallest absolute Gasteiger partial charge is 0.110 e. The Morgan fingerprint density at radius 1 is 1.19 bits per heavy atom. The molecule has 0 amide bonds. The van der Waals surface area contributed by atoms with Gasteiger partial charge in [0.25, 0.3) is 0 Å². The molecule has 0 aliphatic carbocycles. The van der Waals surface area contributed by atoms with Gasteiger partial charge in [0.1, 0.15) is 5.82 Å². The van der Waals surface area contributed by atoms with Crippen LogP contribution in [0.15, 0.2) is 36.5 Å². The molecule has 114 valence electrons. The summed E-state index contributed by atoms with van der Waals surface area (Å²) in [5.41, 5.74) is 2.27. The predicted molar refractivity (Wildman–Crippen MR) is 85.5 cm³/mol. The van der Waals surface area contributed by atoms with Crippen LogP contribution in [0.25, 0.3) is 5.69 Å². The van der Waals surface area contributed by atoms with Crippen molar-refractivity contribution >= 4 is 0 Å². The van der Waals surface area contributed by atoms with Gasteiger partial charge >= 0.3 is 0 Å². The number of imidazole rings is 1. The second-order valence-electron chi connectivity index (χ2n) is 5.84. The summed E-state index contributed by atoms with van der Waals surface area (Å²) < 4.78 is 2.18. The zero-order chi connectivity index (χ0) is 15.4. The van der Waals surface area contributed by atoms with Gasteiger partial charge in [-0.1, -0.05) is 18.2 Å². The largest absolute Gasteiger partial charge is 0.392 e. The second kappa shape index (κ2) is 6.87. The molecule has 0 aliphatic heterocycles. The van der Waals surface area contributed by atoms with Crippen LogP contribution in [0.1, 0.15) is 32.3 Å². The minimum Gasteiger partial charge on any atom is -0.392 e. The maximum Gasteiger partial charge on any atom is 0.110 e. The molecule has 2 aromatic rings. The van der Waals surface area contributed by atoms with Crippen LogP contribution in [0.5, 0.6) is 0 Å². The lowest BCUT2D eigenvalue weighted by Crippen LogP contribution is -2.36. The van der Waals surface area contributed by atoms with Gasteiger partial charge in [0.15, 0.2) is 0 Å². The predicted octanol–water partition coefficient (Wildman–Crippen LogP) is 2.77. The van der Waals surface area contributed by atoms with Crippen molar-refractivity contribution in [1.29, 1.82) is 0 Å². The molecular formula is C17H25N3O. The molecule has 4 heteroatoms. The molecule has 0 bridgehead atoms. The molecule has 0 saturated heterocycles. The Bertz CT molecular complexity index is 561. The van der Waals surface area contributed by atoms with Gasteiger partial charge in [-0.05, 0) is 39.8 Å². The number of benzene rings is 1. The molecule has 1 heterocycles. The van der Waals surface area contributed by atoms with Crippen LogP contribution in [-0.2, 0) is 6.54 Å². The number of nitrogens with zero attached hydrogens (tertiary/aromatic N) is 3. The molecule has 0 aliphatic rings. The molecule has 0 spiro atoms. The Kier molecular flexibility index (Phi) is 5.15. The molecule has 1 aromatic heterocycles. The molecule has 1 unspecified atom stereocenters. The van der Waals surface area contributed by atoms with Gasteiger partial charge < -0.3 is 5.11 Å². The topological polar surface area (TPSA) is 41.3 Å². The highest BCUT2D eigenvalue weighted by atomic mass is 16.3. The number of hydrogen-bond donors (Lipinski definition) is 1. The van der Waals surface area contributed by atoms with Crippen molar-refractivity contribution in [3.63, 3.8) is 0 Å². The van der Waals surface area contributed by atoms with E-state index in [0.717, 1.165) is 23.8 Å². The summed E-state index contributed by atoms with van der Waals surface area (Å²) >= 11 is 0. The highest BCUT2D eigenvalue weighted by molar-refractivity contribution is 5.35. The van der Waals surface area contributed by atoms with E-state index in [2.05, 4.69) is 40.4 Å². The molecular weight excluding hydrogens is 262 g/mol. The first-order valence-corrected chi connectivity index (χ1v) is 7.49. The summed E-state index contributed by atoms with van der Waals surface area (Å²) in [5, 5.41) is 9.68. The van der Waals surface area contributed by atoms with E-state index in [1.807, 2.05) is 38.2 Å². The van der Waals surface area contributed by atoms with Crippen LogP contribution in [0.2, 0.25) is 0 Å². The Hall–Kier alpha value is -1.65. The maximum absolute atomic E-state index is 9.68. The summed E-state index contributed by atoms with van der Waals surface area (Å²) in [4.78, 5) is 6.72. The Balaban J connectivity index is 2.28. The fourth-order valence-electron chi connectivity index (χ4n) is 2.54. The SMILES string of the molecule is Cc1ncc(CN(CC(C)O)C(C)C)n1-c1ccccc1. The van der Waals surface area contributed by atoms with Crippen LogP contribution in [0, 0.1) is 6.92 Å². The Morgan fingerprint density at radius 3 is 2.43 bits per heavy atom. The minimum absolute atomic E-state index is 0.332. The van der Waals surface area contributed by atoms with Crippen LogP contribution in [0.3, 0.4) is 0 Å². The van der Waals surface area contributed by atoms with E-state index < -0.39 is 0 Å². The first kappa shape index (κ1) is 15.7. The first-order valence-electron chi connectivity index (χ1n) is 7.49. The quantitative estimate of drug-likeness (QED) is 0.888.